The number of aromatic nitrogens is 3. The summed E-state index contributed by atoms with van der Waals surface area (Å²) in [5, 5.41) is 29.2. The summed E-state index contributed by atoms with van der Waals surface area (Å²) in [6.45, 7) is 1.27. The molecule has 0 radical (unpaired) electrons. The zero-order chi connectivity index (χ0) is 24.7. The maximum absolute atomic E-state index is 13.4. The minimum atomic E-state index is -4.97. The van der Waals surface area contributed by atoms with Gasteiger partial charge in [-0.3, -0.25) is 0 Å². The van der Waals surface area contributed by atoms with Gasteiger partial charge in [0.25, 0.3) is 5.89 Å². The summed E-state index contributed by atoms with van der Waals surface area (Å²) in [5.74, 6) is -1.34. The minimum Gasteiger partial charge on any atom is -0.405 e. The van der Waals surface area contributed by atoms with E-state index in [1.165, 1.54) is 12.1 Å². The van der Waals surface area contributed by atoms with Gasteiger partial charge in [-0.2, -0.15) is 18.4 Å². The Morgan fingerprint density at radius 3 is 2.53 bits per heavy atom. The number of hydrogen-bond acceptors (Lipinski definition) is 6. The summed E-state index contributed by atoms with van der Waals surface area (Å²) >= 11 is 3.44. The van der Waals surface area contributed by atoms with Gasteiger partial charge in [0.2, 0.25) is 5.60 Å². The van der Waals surface area contributed by atoms with E-state index in [1.54, 1.807) is 34.9 Å². The molecule has 0 saturated heterocycles. The first kappa shape index (κ1) is 23.7. The number of aliphatic hydroxyl groups is 1. The normalized spacial score (nSPS) is 13.6. The SMILES string of the molecule is CCC(O)(c1nnc(NCc2ccn3c(-c4ccc(F)cc4)c(C#N)c(Br)c3c2)o1)C(F)(F)F. The highest BCUT2D eigenvalue weighted by Gasteiger charge is 2.57. The molecular weight excluding hydrogens is 522 g/mol. The molecule has 0 bridgehead atoms. The molecule has 12 heteroatoms. The van der Waals surface area contributed by atoms with E-state index in [2.05, 4.69) is 37.5 Å². The number of nitrogens with zero attached hydrogens (tertiary/aromatic N) is 4. The minimum absolute atomic E-state index is 0.111. The van der Waals surface area contributed by atoms with Crippen LogP contribution >= 0.6 is 15.9 Å². The number of halogens is 5. The Morgan fingerprint density at radius 2 is 1.91 bits per heavy atom. The van der Waals surface area contributed by atoms with Gasteiger partial charge < -0.3 is 19.2 Å². The number of pyridine rings is 1. The molecule has 1 atom stereocenters. The number of fused-ring (bicyclic) bond motifs is 1. The largest absolute Gasteiger partial charge is 0.426 e. The van der Waals surface area contributed by atoms with Crippen molar-refractivity contribution in [2.75, 3.05) is 5.32 Å². The number of hydrogen-bond donors (Lipinski definition) is 2. The van der Waals surface area contributed by atoms with E-state index in [9.17, 15) is 27.9 Å². The first-order valence-corrected chi connectivity index (χ1v) is 10.7. The third kappa shape index (κ3) is 4.01. The molecule has 4 aromatic rings. The second-order valence-corrected chi connectivity index (χ2v) is 8.22. The van der Waals surface area contributed by atoms with Crippen molar-refractivity contribution in [1.82, 2.24) is 14.6 Å². The van der Waals surface area contributed by atoms with Crippen LogP contribution < -0.4 is 5.32 Å². The highest BCUT2D eigenvalue weighted by Crippen LogP contribution is 2.41. The Bertz CT molecular complexity index is 1390. The standard InChI is InChI=1S/C22H16BrF4N5O2/c1-2-21(33,22(25,26)27)19-30-31-20(34-19)29-11-12-7-8-32-16(9-12)17(23)15(10-28)18(32)13-3-5-14(24)6-4-13/h3-9,33H,2,11H2,1H3,(H,29,31). The van der Waals surface area contributed by atoms with Crippen LogP contribution in [0.15, 0.2) is 51.5 Å². The lowest BCUT2D eigenvalue weighted by Gasteiger charge is -2.25. The molecule has 0 spiro atoms. The summed E-state index contributed by atoms with van der Waals surface area (Å²) in [4.78, 5) is 0. The fourth-order valence-corrected chi connectivity index (χ4v) is 4.06. The van der Waals surface area contributed by atoms with Crippen molar-refractivity contribution < 1.29 is 27.1 Å². The molecule has 3 aromatic heterocycles. The molecule has 7 nitrogen and oxygen atoms in total. The van der Waals surface area contributed by atoms with E-state index in [-0.39, 0.29) is 12.6 Å². The second-order valence-electron chi connectivity index (χ2n) is 7.42. The van der Waals surface area contributed by atoms with Crippen LogP contribution in [0, 0.1) is 17.1 Å². The van der Waals surface area contributed by atoms with Gasteiger partial charge in [0.15, 0.2) is 0 Å². The van der Waals surface area contributed by atoms with Crippen molar-refractivity contribution in [3.05, 3.63) is 69.9 Å². The first-order valence-electron chi connectivity index (χ1n) is 9.94. The van der Waals surface area contributed by atoms with E-state index in [0.29, 0.717) is 32.4 Å². The third-order valence-electron chi connectivity index (χ3n) is 5.37. The van der Waals surface area contributed by atoms with Crippen LogP contribution in [0.25, 0.3) is 16.8 Å². The molecule has 0 aliphatic carbocycles. The van der Waals surface area contributed by atoms with Gasteiger partial charge in [0, 0.05) is 18.3 Å². The Hall–Kier alpha value is -3.43. The quantitative estimate of drug-likeness (QED) is 0.313. The highest BCUT2D eigenvalue weighted by molar-refractivity contribution is 9.10. The smallest absolute Gasteiger partial charge is 0.405 e. The molecule has 1 unspecified atom stereocenters. The van der Waals surface area contributed by atoms with Gasteiger partial charge in [-0.1, -0.05) is 12.0 Å². The van der Waals surface area contributed by atoms with E-state index in [1.807, 2.05) is 0 Å². The summed E-state index contributed by atoms with van der Waals surface area (Å²) in [6.07, 6.45) is -3.94. The van der Waals surface area contributed by atoms with Crippen molar-refractivity contribution >= 4 is 27.5 Å². The second kappa shape index (κ2) is 8.73. The zero-order valence-corrected chi connectivity index (χ0v) is 19.1. The van der Waals surface area contributed by atoms with E-state index in [0.717, 1.165) is 6.92 Å². The lowest BCUT2D eigenvalue weighted by molar-refractivity contribution is -0.275. The monoisotopic (exact) mass is 537 g/mol. The van der Waals surface area contributed by atoms with Crippen LogP contribution in [0.4, 0.5) is 23.6 Å². The third-order valence-corrected chi connectivity index (χ3v) is 6.18. The van der Waals surface area contributed by atoms with Gasteiger partial charge in [0.05, 0.1) is 21.2 Å². The van der Waals surface area contributed by atoms with E-state index >= 15 is 0 Å². The molecule has 0 aliphatic heterocycles. The van der Waals surface area contributed by atoms with Crippen molar-refractivity contribution in [2.45, 2.75) is 31.7 Å². The summed E-state index contributed by atoms with van der Waals surface area (Å²) in [6, 6.07) is 11.1. The van der Waals surface area contributed by atoms with Gasteiger partial charge in [-0.25, -0.2) is 4.39 Å². The van der Waals surface area contributed by atoms with Crippen molar-refractivity contribution in [3.63, 3.8) is 0 Å². The number of anilines is 1. The lowest BCUT2D eigenvalue weighted by Crippen LogP contribution is -2.42. The first-order chi connectivity index (χ1) is 16.1. The number of nitrogens with one attached hydrogen (secondary N) is 1. The van der Waals surface area contributed by atoms with Crippen molar-refractivity contribution in [2.24, 2.45) is 0 Å². The van der Waals surface area contributed by atoms with Crippen LogP contribution in [0.2, 0.25) is 0 Å². The number of benzene rings is 1. The van der Waals surface area contributed by atoms with Gasteiger partial charge in [-0.15, -0.1) is 5.10 Å². The number of alkyl halides is 3. The summed E-state index contributed by atoms with van der Waals surface area (Å²) in [7, 11) is 0. The molecule has 4 rings (SSSR count). The Kier molecular flexibility index (Phi) is 6.09. The average Bonchev–Trinajstić information content (AvgIpc) is 3.40. The summed E-state index contributed by atoms with van der Waals surface area (Å²) in [5.41, 5.74) is -0.294. The van der Waals surface area contributed by atoms with E-state index in [4.69, 9.17) is 4.42 Å². The molecule has 3 heterocycles. The summed E-state index contributed by atoms with van der Waals surface area (Å²) < 4.78 is 60.3. The Labute approximate surface area is 198 Å². The molecule has 34 heavy (non-hydrogen) atoms. The zero-order valence-electron chi connectivity index (χ0n) is 17.5. The fraction of sp³-hybridized carbons (Fsp3) is 0.227. The molecular formula is C22H16BrF4N5O2. The van der Waals surface area contributed by atoms with Crippen LogP contribution in [-0.2, 0) is 12.1 Å². The van der Waals surface area contributed by atoms with Crippen molar-refractivity contribution in [3.8, 4) is 17.3 Å². The predicted octanol–water partition coefficient (Wildman–Crippen LogP) is 5.53. The van der Waals surface area contributed by atoms with E-state index < -0.39 is 29.9 Å². The number of nitriles is 1. The molecule has 1 aromatic carbocycles. The Balaban J connectivity index is 1.62. The number of rotatable bonds is 6. The van der Waals surface area contributed by atoms with Gasteiger partial charge >= 0.3 is 12.2 Å². The predicted molar refractivity (Wildman–Crippen MR) is 117 cm³/mol. The molecule has 0 amide bonds. The Morgan fingerprint density at radius 1 is 1.21 bits per heavy atom. The maximum atomic E-state index is 13.4. The molecule has 2 N–H and O–H groups in total. The van der Waals surface area contributed by atoms with Gasteiger partial charge in [0.1, 0.15) is 11.9 Å². The topological polar surface area (TPSA) is 99.4 Å². The van der Waals surface area contributed by atoms with Crippen LogP contribution in [0.3, 0.4) is 0 Å². The fourth-order valence-electron chi connectivity index (χ4n) is 3.48. The van der Waals surface area contributed by atoms with Crippen LogP contribution in [-0.4, -0.2) is 25.9 Å². The van der Waals surface area contributed by atoms with Crippen LogP contribution in [0.5, 0.6) is 0 Å². The molecule has 0 aliphatic rings. The molecule has 0 saturated carbocycles. The maximum Gasteiger partial charge on any atom is 0.426 e. The molecule has 176 valence electrons. The van der Waals surface area contributed by atoms with Crippen molar-refractivity contribution in [1.29, 1.82) is 5.26 Å². The highest BCUT2D eigenvalue weighted by atomic mass is 79.9. The van der Waals surface area contributed by atoms with Crippen LogP contribution in [0.1, 0.15) is 30.4 Å². The lowest BCUT2D eigenvalue weighted by atomic mass is 10.0. The average molecular weight is 538 g/mol. The molecule has 0 fully saturated rings. The van der Waals surface area contributed by atoms with Gasteiger partial charge in [-0.05, 0) is 64.3 Å².